The molecule has 1 unspecified atom stereocenters. The van der Waals surface area contributed by atoms with Crippen LogP contribution in [0.1, 0.15) is 42.4 Å². The zero-order valence-electron chi connectivity index (χ0n) is 13.3. The third kappa shape index (κ3) is 3.70. The van der Waals surface area contributed by atoms with Crippen LogP contribution in [0.2, 0.25) is 0 Å². The monoisotopic (exact) mass is 289 g/mol. The molecule has 1 aromatic carbocycles. The van der Waals surface area contributed by atoms with E-state index in [-0.39, 0.29) is 11.9 Å². The molecule has 1 heterocycles. The summed E-state index contributed by atoms with van der Waals surface area (Å²) in [5.74, 6) is -0.150. The van der Waals surface area contributed by atoms with E-state index in [1.807, 2.05) is 23.9 Å². The zero-order valence-corrected chi connectivity index (χ0v) is 13.3. The smallest absolute Gasteiger partial charge is 0.126 e. The van der Waals surface area contributed by atoms with Crippen LogP contribution < -0.4 is 5.32 Å². The normalized spacial score (nSPS) is 12.6. The van der Waals surface area contributed by atoms with Gasteiger partial charge in [0.1, 0.15) is 5.82 Å². The highest BCUT2D eigenvalue weighted by molar-refractivity contribution is 5.28. The zero-order chi connectivity index (χ0) is 15.4. The van der Waals surface area contributed by atoms with E-state index in [0.717, 1.165) is 30.6 Å². The van der Waals surface area contributed by atoms with Gasteiger partial charge in [-0.1, -0.05) is 26.0 Å². The van der Waals surface area contributed by atoms with E-state index < -0.39 is 0 Å². The first-order valence-corrected chi connectivity index (χ1v) is 7.56. The van der Waals surface area contributed by atoms with Crippen molar-refractivity contribution in [3.8, 4) is 0 Å². The first kappa shape index (κ1) is 15.7. The Kier molecular flexibility index (Phi) is 5.12. The molecule has 1 aromatic heterocycles. The van der Waals surface area contributed by atoms with Gasteiger partial charge in [0.15, 0.2) is 0 Å². The lowest BCUT2D eigenvalue weighted by molar-refractivity contribution is 0.526. The second-order valence-corrected chi connectivity index (χ2v) is 5.43. The summed E-state index contributed by atoms with van der Waals surface area (Å²) in [4.78, 5) is 0. The van der Waals surface area contributed by atoms with Gasteiger partial charge < -0.3 is 5.32 Å². The average molecular weight is 289 g/mol. The molecule has 0 saturated carbocycles. The number of benzene rings is 1. The number of nitrogens with one attached hydrogen (secondary N) is 1. The van der Waals surface area contributed by atoms with Crippen LogP contribution in [0.25, 0.3) is 0 Å². The number of likely N-dealkylation sites (N-methyl/N-ethyl adjacent to an activating group) is 1. The summed E-state index contributed by atoms with van der Waals surface area (Å²) in [6.07, 6.45) is 1.79. The minimum atomic E-state index is -0.150. The van der Waals surface area contributed by atoms with Crippen molar-refractivity contribution in [2.45, 2.75) is 39.7 Å². The predicted octanol–water partition coefficient (Wildman–Crippen LogP) is 3.32. The van der Waals surface area contributed by atoms with Crippen molar-refractivity contribution in [2.75, 3.05) is 6.54 Å². The standard InChI is InChI=1S/C17H24FN3/c1-5-14-10-15(21(4)20-14)11-17(19-6-2)13-7-8-16(18)12(3)9-13/h7-10,17,19H,5-6,11H2,1-4H3. The third-order valence-electron chi connectivity index (χ3n) is 3.84. The van der Waals surface area contributed by atoms with Gasteiger partial charge in [0.05, 0.1) is 5.69 Å². The minimum Gasteiger partial charge on any atom is -0.310 e. The largest absolute Gasteiger partial charge is 0.310 e. The minimum absolute atomic E-state index is 0.150. The third-order valence-corrected chi connectivity index (χ3v) is 3.84. The van der Waals surface area contributed by atoms with Gasteiger partial charge in [-0.2, -0.15) is 5.10 Å². The molecule has 0 fully saturated rings. The summed E-state index contributed by atoms with van der Waals surface area (Å²) >= 11 is 0. The van der Waals surface area contributed by atoms with Crippen LogP contribution in [-0.4, -0.2) is 16.3 Å². The van der Waals surface area contributed by atoms with Crippen LogP contribution in [0.5, 0.6) is 0 Å². The fourth-order valence-corrected chi connectivity index (χ4v) is 2.58. The number of halogens is 1. The quantitative estimate of drug-likeness (QED) is 0.884. The summed E-state index contributed by atoms with van der Waals surface area (Å²) in [5.41, 5.74) is 4.11. The van der Waals surface area contributed by atoms with Crippen LogP contribution in [0.3, 0.4) is 0 Å². The molecule has 0 bridgehead atoms. The van der Waals surface area contributed by atoms with Crippen molar-refractivity contribution in [3.05, 3.63) is 52.6 Å². The lowest BCUT2D eigenvalue weighted by atomic mass is 9.99. The van der Waals surface area contributed by atoms with Crippen molar-refractivity contribution >= 4 is 0 Å². The van der Waals surface area contributed by atoms with Gasteiger partial charge >= 0.3 is 0 Å². The van der Waals surface area contributed by atoms with E-state index in [0.29, 0.717) is 5.56 Å². The number of hydrogen-bond acceptors (Lipinski definition) is 2. The van der Waals surface area contributed by atoms with E-state index in [1.54, 1.807) is 13.0 Å². The second-order valence-electron chi connectivity index (χ2n) is 5.43. The Bertz CT molecular complexity index is 604. The summed E-state index contributed by atoms with van der Waals surface area (Å²) in [6, 6.07) is 7.68. The van der Waals surface area contributed by atoms with Gasteiger partial charge in [0.2, 0.25) is 0 Å². The van der Waals surface area contributed by atoms with Crippen LogP contribution in [0.4, 0.5) is 4.39 Å². The Morgan fingerprint density at radius 2 is 2.05 bits per heavy atom. The number of aryl methyl sites for hydroxylation is 3. The maximum absolute atomic E-state index is 13.5. The summed E-state index contributed by atoms with van der Waals surface area (Å²) in [7, 11) is 1.98. The SMILES string of the molecule is CCNC(Cc1cc(CC)nn1C)c1ccc(F)c(C)c1. The Morgan fingerprint density at radius 1 is 1.29 bits per heavy atom. The molecule has 114 valence electrons. The Hall–Kier alpha value is -1.68. The number of hydrogen-bond donors (Lipinski definition) is 1. The van der Waals surface area contributed by atoms with Gasteiger partial charge in [-0.15, -0.1) is 0 Å². The molecule has 2 aromatic rings. The van der Waals surface area contributed by atoms with Crippen molar-refractivity contribution < 1.29 is 4.39 Å². The molecule has 0 aliphatic heterocycles. The van der Waals surface area contributed by atoms with E-state index >= 15 is 0 Å². The van der Waals surface area contributed by atoms with E-state index in [4.69, 9.17) is 0 Å². The van der Waals surface area contributed by atoms with E-state index in [9.17, 15) is 4.39 Å². The van der Waals surface area contributed by atoms with Crippen molar-refractivity contribution in [3.63, 3.8) is 0 Å². The molecule has 1 N–H and O–H groups in total. The maximum Gasteiger partial charge on any atom is 0.126 e. The molecule has 0 aliphatic rings. The van der Waals surface area contributed by atoms with Crippen molar-refractivity contribution in [2.24, 2.45) is 7.05 Å². The van der Waals surface area contributed by atoms with Crippen molar-refractivity contribution in [1.82, 2.24) is 15.1 Å². The molecule has 0 spiro atoms. The number of rotatable bonds is 6. The average Bonchev–Trinajstić information content (AvgIpc) is 2.82. The molecule has 3 nitrogen and oxygen atoms in total. The predicted molar refractivity (Wildman–Crippen MR) is 83.8 cm³/mol. The number of nitrogens with zero attached hydrogens (tertiary/aromatic N) is 2. The topological polar surface area (TPSA) is 29.9 Å². The fourth-order valence-electron chi connectivity index (χ4n) is 2.58. The summed E-state index contributed by atoms with van der Waals surface area (Å²) in [6.45, 7) is 6.88. The van der Waals surface area contributed by atoms with Crippen LogP contribution in [0, 0.1) is 12.7 Å². The molecular weight excluding hydrogens is 265 g/mol. The van der Waals surface area contributed by atoms with E-state index in [2.05, 4.69) is 30.3 Å². The maximum atomic E-state index is 13.5. The Balaban J connectivity index is 2.25. The van der Waals surface area contributed by atoms with Crippen LogP contribution in [-0.2, 0) is 19.9 Å². The molecule has 0 aliphatic carbocycles. The highest BCUT2D eigenvalue weighted by Gasteiger charge is 2.15. The lowest BCUT2D eigenvalue weighted by Crippen LogP contribution is -2.24. The molecule has 2 rings (SSSR count). The second kappa shape index (κ2) is 6.85. The summed E-state index contributed by atoms with van der Waals surface area (Å²) < 4.78 is 15.4. The highest BCUT2D eigenvalue weighted by Crippen LogP contribution is 2.21. The van der Waals surface area contributed by atoms with Crippen LogP contribution in [0.15, 0.2) is 24.3 Å². The van der Waals surface area contributed by atoms with Gasteiger partial charge in [0, 0.05) is 25.2 Å². The molecule has 0 radical (unpaired) electrons. The molecule has 21 heavy (non-hydrogen) atoms. The van der Waals surface area contributed by atoms with Gasteiger partial charge in [-0.05, 0) is 43.1 Å². The molecule has 1 atom stereocenters. The number of aromatic nitrogens is 2. The Morgan fingerprint density at radius 3 is 2.62 bits per heavy atom. The Labute approximate surface area is 126 Å². The fraction of sp³-hybridized carbons (Fsp3) is 0.471. The molecule has 0 amide bonds. The van der Waals surface area contributed by atoms with Crippen LogP contribution >= 0.6 is 0 Å². The molecule has 0 saturated heterocycles. The first-order valence-electron chi connectivity index (χ1n) is 7.56. The molecular formula is C17H24FN3. The highest BCUT2D eigenvalue weighted by atomic mass is 19.1. The molecule has 4 heteroatoms. The lowest BCUT2D eigenvalue weighted by Gasteiger charge is -2.19. The van der Waals surface area contributed by atoms with E-state index in [1.165, 1.54) is 5.69 Å². The van der Waals surface area contributed by atoms with Crippen molar-refractivity contribution in [1.29, 1.82) is 0 Å². The summed E-state index contributed by atoms with van der Waals surface area (Å²) in [5, 5.41) is 7.98. The first-order chi connectivity index (χ1) is 10.0. The van der Waals surface area contributed by atoms with Gasteiger partial charge in [0.25, 0.3) is 0 Å². The van der Waals surface area contributed by atoms with Gasteiger partial charge in [-0.25, -0.2) is 4.39 Å². The van der Waals surface area contributed by atoms with Gasteiger partial charge in [-0.3, -0.25) is 4.68 Å².